The van der Waals surface area contributed by atoms with Crippen LogP contribution in [0.5, 0.6) is 5.75 Å². The van der Waals surface area contributed by atoms with Gasteiger partial charge in [-0.1, -0.05) is 30.3 Å². The summed E-state index contributed by atoms with van der Waals surface area (Å²) in [6, 6.07) is 13.9. The first-order valence-corrected chi connectivity index (χ1v) is 7.81. The van der Waals surface area contributed by atoms with Gasteiger partial charge < -0.3 is 9.47 Å². The Morgan fingerprint density at radius 2 is 2.12 bits per heavy atom. The number of amides is 1. The summed E-state index contributed by atoms with van der Waals surface area (Å²) in [6.45, 7) is 0.158. The molecule has 2 aliphatic rings. The smallest absolute Gasteiger partial charge is 0.294 e. The normalized spacial score (nSPS) is 19.5. The maximum Gasteiger partial charge on any atom is 0.294 e. The summed E-state index contributed by atoms with van der Waals surface area (Å²) >= 11 is 0. The molecule has 0 aliphatic carbocycles. The predicted molar refractivity (Wildman–Crippen MR) is 91.1 cm³/mol. The monoisotopic (exact) mass is 320 g/mol. The van der Waals surface area contributed by atoms with Crippen LogP contribution in [0.25, 0.3) is 10.8 Å². The van der Waals surface area contributed by atoms with Gasteiger partial charge in [0.15, 0.2) is 12.5 Å². The Hall–Kier alpha value is -3.08. The lowest BCUT2D eigenvalue weighted by molar-refractivity contribution is -0.420. The van der Waals surface area contributed by atoms with Gasteiger partial charge in [-0.2, -0.15) is 0 Å². The number of hydrogen-bond acceptors (Lipinski definition) is 4. The molecular formula is C19H16N2O3. The molecule has 0 saturated carbocycles. The highest BCUT2D eigenvalue weighted by atomic mass is 16.5. The van der Waals surface area contributed by atoms with E-state index in [4.69, 9.17) is 9.47 Å². The summed E-state index contributed by atoms with van der Waals surface area (Å²) in [5.74, 6) is 0.543. The Bertz CT molecular complexity index is 858. The Morgan fingerprint density at radius 3 is 2.96 bits per heavy atom. The van der Waals surface area contributed by atoms with Crippen LogP contribution in [0.15, 0.2) is 59.6 Å². The summed E-state index contributed by atoms with van der Waals surface area (Å²) in [6.07, 6.45) is 7.61. The Balaban J connectivity index is 1.41. The van der Waals surface area contributed by atoms with Crippen molar-refractivity contribution in [1.82, 2.24) is 0 Å². The minimum atomic E-state index is -0.658. The fourth-order valence-corrected chi connectivity index (χ4v) is 2.67. The fourth-order valence-electron chi connectivity index (χ4n) is 2.67. The van der Waals surface area contributed by atoms with E-state index in [2.05, 4.69) is 4.99 Å². The molecule has 1 atom stereocenters. The van der Waals surface area contributed by atoms with Crippen molar-refractivity contribution in [3.8, 4) is 5.75 Å². The van der Waals surface area contributed by atoms with Crippen LogP contribution in [0, 0.1) is 6.17 Å². The molecule has 0 bridgehead atoms. The minimum Gasteiger partial charge on any atom is -0.490 e. The summed E-state index contributed by atoms with van der Waals surface area (Å²) in [5, 5.41) is 2.25. The molecule has 0 aromatic heterocycles. The van der Waals surface area contributed by atoms with E-state index >= 15 is 0 Å². The quantitative estimate of drug-likeness (QED) is 0.643. The maximum absolute atomic E-state index is 12.4. The highest BCUT2D eigenvalue weighted by Crippen LogP contribution is 2.22. The molecule has 5 nitrogen and oxygen atoms in total. The fraction of sp³-hybridized carbons (Fsp3) is 0.158. The molecule has 1 amide bonds. The van der Waals surface area contributed by atoms with Crippen LogP contribution >= 0.6 is 0 Å². The van der Waals surface area contributed by atoms with Crippen LogP contribution in [-0.2, 0) is 9.53 Å². The van der Waals surface area contributed by atoms with E-state index in [0.717, 1.165) is 17.2 Å². The van der Waals surface area contributed by atoms with E-state index in [9.17, 15) is 4.79 Å². The zero-order chi connectivity index (χ0) is 16.4. The predicted octanol–water partition coefficient (Wildman–Crippen LogP) is 2.70. The molecule has 0 fully saturated rings. The van der Waals surface area contributed by atoms with Gasteiger partial charge in [0.1, 0.15) is 12.4 Å². The van der Waals surface area contributed by atoms with Crippen LogP contribution < -0.4 is 4.74 Å². The SMILES string of the molecule is O=C1C(COc2ccc3ccccc3c2)OC=[N+]1[C-]1C=CCC=N1. The number of nitrogens with zero attached hydrogens (tertiary/aromatic N) is 2. The van der Waals surface area contributed by atoms with Crippen molar-refractivity contribution in [1.29, 1.82) is 0 Å². The van der Waals surface area contributed by atoms with Gasteiger partial charge in [-0.3, -0.25) is 4.79 Å². The van der Waals surface area contributed by atoms with E-state index in [1.807, 2.05) is 54.6 Å². The summed E-state index contributed by atoms with van der Waals surface area (Å²) in [4.78, 5) is 16.6. The number of rotatable bonds is 4. The molecule has 2 aliphatic heterocycles. The molecule has 120 valence electrons. The van der Waals surface area contributed by atoms with E-state index in [0.29, 0.717) is 11.9 Å². The molecule has 2 aromatic carbocycles. The van der Waals surface area contributed by atoms with Crippen molar-refractivity contribution < 1.29 is 18.8 Å². The van der Waals surface area contributed by atoms with Gasteiger partial charge in [0, 0.05) is 0 Å². The molecular weight excluding hydrogens is 304 g/mol. The maximum atomic E-state index is 12.4. The molecule has 24 heavy (non-hydrogen) atoms. The second kappa shape index (κ2) is 6.20. The third kappa shape index (κ3) is 2.76. The summed E-state index contributed by atoms with van der Waals surface area (Å²) in [5.41, 5.74) is 0. The van der Waals surface area contributed by atoms with Gasteiger partial charge in [0.05, 0.1) is 6.21 Å². The molecule has 2 aromatic rings. The molecule has 0 spiro atoms. The van der Waals surface area contributed by atoms with E-state index in [1.54, 1.807) is 6.21 Å². The molecule has 0 saturated heterocycles. The van der Waals surface area contributed by atoms with Crippen LogP contribution in [0.4, 0.5) is 0 Å². The lowest BCUT2D eigenvalue weighted by Crippen LogP contribution is -2.32. The van der Waals surface area contributed by atoms with E-state index in [-0.39, 0.29) is 12.5 Å². The van der Waals surface area contributed by atoms with Gasteiger partial charge in [0.25, 0.3) is 12.1 Å². The number of allylic oxidation sites excluding steroid dienone is 1. The molecule has 2 heterocycles. The number of fused-ring (bicyclic) bond motifs is 1. The van der Waals surface area contributed by atoms with Crippen molar-refractivity contribution in [2.75, 3.05) is 6.61 Å². The average Bonchev–Trinajstić information content (AvgIpc) is 3.01. The molecule has 0 radical (unpaired) electrons. The average molecular weight is 320 g/mol. The largest absolute Gasteiger partial charge is 0.490 e. The highest BCUT2D eigenvalue weighted by Gasteiger charge is 2.33. The topological polar surface area (TPSA) is 50.9 Å². The van der Waals surface area contributed by atoms with Gasteiger partial charge in [-0.25, -0.2) is 4.58 Å². The van der Waals surface area contributed by atoms with Crippen molar-refractivity contribution in [2.45, 2.75) is 12.5 Å². The number of benzene rings is 2. The van der Waals surface area contributed by atoms with Crippen molar-refractivity contribution >= 4 is 29.3 Å². The standard InChI is InChI=1S/C19H16N2O3/c22-19-17(24-13-21(19)18-7-3-4-10-20-18)12-23-16-9-8-14-5-1-2-6-15(14)11-16/h1-3,5-11,13,17H,4,12H2. The molecule has 0 N–H and O–H groups in total. The Morgan fingerprint density at radius 1 is 1.25 bits per heavy atom. The third-order valence-electron chi connectivity index (χ3n) is 3.94. The van der Waals surface area contributed by atoms with Gasteiger partial charge in [-0.05, 0) is 35.4 Å². The van der Waals surface area contributed by atoms with Crippen molar-refractivity contribution in [3.05, 3.63) is 60.8 Å². The van der Waals surface area contributed by atoms with Gasteiger partial charge in [-0.15, -0.1) is 11.1 Å². The number of hydrogen-bond donors (Lipinski definition) is 0. The number of carbonyl (C=O) groups excluding carboxylic acids is 1. The summed E-state index contributed by atoms with van der Waals surface area (Å²) < 4.78 is 12.6. The van der Waals surface area contributed by atoms with Crippen LogP contribution in [0.2, 0.25) is 0 Å². The first kappa shape index (κ1) is 14.5. The third-order valence-corrected chi connectivity index (χ3v) is 3.94. The first-order chi connectivity index (χ1) is 11.8. The zero-order valence-electron chi connectivity index (χ0n) is 13.0. The second-order valence-corrected chi connectivity index (χ2v) is 5.57. The van der Waals surface area contributed by atoms with E-state index in [1.165, 1.54) is 11.0 Å². The number of carbonyl (C=O) groups is 1. The second-order valence-electron chi connectivity index (χ2n) is 5.57. The molecule has 5 heteroatoms. The minimum absolute atomic E-state index is 0.158. The molecule has 1 unspecified atom stereocenters. The van der Waals surface area contributed by atoms with Crippen molar-refractivity contribution in [3.63, 3.8) is 0 Å². The van der Waals surface area contributed by atoms with Gasteiger partial charge >= 0.3 is 0 Å². The van der Waals surface area contributed by atoms with Crippen LogP contribution in [0.1, 0.15) is 6.42 Å². The van der Waals surface area contributed by atoms with Crippen LogP contribution in [-0.4, -0.2) is 35.8 Å². The molecule has 4 rings (SSSR count). The Kier molecular flexibility index (Phi) is 3.75. The number of dihydropyridines is 1. The van der Waals surface area contributed by atoms with Crippen molar-refractivity contribution in [2.24, 2.45) is 4.99 Å². The highest BCUT2D eigenvalue weighted by molar-refractivity contribution is 5.84. The lowest BCUT2D eigenvalue weighted by Gasteiger charge is -2.13. The lowest BCUT2D eigenvalue weighted by atomic mass is 10.1. The first-order valence-electron chi connectivity index (χ1n) is 7.81. The number of aliphatic imine (C=N–C) groups is 1. The number of ether oxygens (including phenoxy) is 2. The van der Waals surface area contributed by atoms with E-state index < -0.39 is 6.10 Å². The summed E-state index contributed by atoms with van der Waals surface area (Å²) in [7, 11) is 0. The Labute approximate surface area is 139 Å². The van der Waals surface area contributed by atoms with Gasteiger partial charge in [0.2, 0.25) is 0 Å². The van der Waals surface area contributed by atoms with Crippen LogP contribution in [0.3, 0.4) is 0 Å². The zero-order valence-corrected chi connectivity index (χ0v) is 13.0.